The predicted molar refractivity (Wildman–Crippen MR) is 103 cm³/mol. The van der Waals surface area contributed by atoms with E-state index in [1.54, 1.807) is 55.5 Å². The van der Waals surface area contributed by atoms with Crippen LogP contribution in [-0.2, 0) is 9.59 Å². The van der Waals surface area contributed by atoms with E-state index < -0.39 is 11.8 Å². The van der Waals surface area contributed by atoms with Crippen molar-refractivity contribution in [3.63, 3.8) is 0 Å². The molecule has 0 aliphatic carbocycles. The lowest BCUT2D eigenvalue weighted by Crippen LogP contribution is -2.32. The van der Waals surface area contributed by atoms with E-state index >= 15 is 0 Å². The summed E-state index contributed by atoms with van der Waals surface area (Å²) in [4.78, 5) is 23.7. The zero-order valence-electron chi connectivity index (χ0n) is 14.2. The second-order valence-corrected chi connectivity index (χ2v) is 5.72. The molecular weight excluding hydrogens is 354 g/mol. The Balaban J connectivity index is 1.92. The molecule has 2 N–H and O–H groups in total. The van der Waals surface area contributed by atoms with Crippen LogP contribution in [0.1, 0.15) is 11.1 Å². The lowest BCUT2D eigenvalue weighted by Gasteiger charge is -2.07. The molecule has 0 radical (unpaired) electrons. The number of halogens is 1. The smallest absolute Gasteiger partial charge is 0.329 e. The Labute approximate surface area is 156 Å². The monoisotopic (exact) mass is 371 g/mol. The van der Waals surface area contributed by atoms with Crippen LogP contribution in [0.4, 0.5) is 5.69 Å². The van der Waals surface area contributed by atoms with E-state index in [2.05, 4.69) is 22.4 Å². The third kappa shape index (κ3) is 5.75. The van der Waals surface area contributed by atoms with Crippen LogP contribution in [0.2, 0.25) is 5.02 Å². The van der Waals surface area contributed by atoms with Gasteiger partial charge in [-0.05, 0) is 48.4 Å². The van der Waals surface area contributed by atoms with Crippen LogP contribution in [0.3, 0.4) is 0 Å². The quantitative estimate of drug-likeness (QED) is 0.354. The number of rotatable bonds is 6. The molecule has 0 heterocycles. The number of aryl methyl sites for hydroxylation is 1. The minimum absolute atomic E-state index is 0.390. The number of carbonyl (C=O) groups excluding carboxylic acids is 2. The number of anilines is 1. The van der Waals surface area contributed by atoms with Gasteiger partial charge < -0.3 is 10.1 Å². The molecule has 0 aliphatic heterocycles. The van der Waals surface area contributed by atoms with E-state index in [1.165, 1.54) is 6.21 Å². The normalized spacial score (nSPS) is 10.4. The van der Waals surface area contributed by atoms with E-state index in [0.717, 1.165) is 5.56 Å². The number of nitrogens with one attached hydrogen (secondary N) is 2. The highest BCUT2D eigenvalue weighted by molar-refractivity contribution is 6.39. The second-order valence-electron chi connectivity index (χ2n) is 5.28. The number of hydrogen-bond acceptors (Lipinski definition) is 4. The lowest BCUT2D eigenvalue weighted by atomic mass is 10.2. The van der Waals surface area contributed by atoms with Crippen molar-refractivity contribution < 1.29 is 14.3 Å². The first-order valence-corrected chi connectivity index (χ1v) is 8.11. The molecule has 2 amide bonds. The van der Waals surface area contributed by atoms with Gasteiger partial charge in [0.2, 0.25) is 0 Å². The van der Waals surface area contributed by atoms with E-state index in [-0.39, 0.29) is 0 Å². The van der Waals surface area contributed by atoms with Crippen molar-refractivity contribution in [2.24, 2.45) is 5.10 Å². The summed E-state index contributed by atoms with van der Waals surface area (Å²) in [5, 5.41) is 6.84. The fourth-order valence-corrected chi connectivity index (χ4v) is 2.23. The maximum absolute atomic E-state index is 11.9. The van der Waals surface area contributed by atoms with Crippen LogP contribution >= 0.6 is 11.6 Å². The Morgan fingerprint density at radius 2 is 2.04 bits per heavy atom. The number of hydrogen-bond donors (Lipinski definition) is 2. The number of ether oxygens (including phenoxy) is 1. The number of carbonyl (C=O) groups is 2. The molecule has 0 bridgehead atoms. The van der Waals surface area contributed by atoms with Crippen LogP contribution in [0.25, 0.3) is 0 Å². The minimum Gasteiger partial charge on any atom is -0.490 e. The van der Waals surface area contributed by atoms with Crippen LogP contribution in [0, 0.1) is 6.92 Å². The summed E-state index contributed by atoms with van der Waals surface area (Å²) in [7, 11) is 0. The molecule has 0 aliphatic rings. The van der Waals surface area contributed by atoms with Gasteiger partial charge in [-0.3, -0.25) is 9.59 Å². The van der Waals surface area contributed by atoms with Crippen LogP contribution < -0.4 is 15.5 Å². The van der Waals surface area contributed by atoms with Gasteiger partial charge in [0.15, 0.2) is 0 Å². The first-order chi connectivity index (χ1) is 12.5. The van der Waals surface area contributed by atoms with Gasteiger partial charge in [-0.15, -0.1) is 0 Å². The van der Waals surface area contributed by atoms with Crippen molar-refractivity contribution >= 4 is 35.3 Å². The Hall–Kier alpha value is -3.12. The standard InChI is InChI=1S/C19H18ClN3O3/c1-3-9-26-16-6-4-5-14(11-16)12-21-23-19(25)18(24)22-17-8-7-15(20)10-13(17)2/h3-8,10-12H,1,9H2,2H3,(H,22,24)(H,23,25)/b21-12-. The van der Waals surface area contributed by atoms with Gasteiger partial charge in [0.1, 0.15) is 12.4 Å². The average Bonchev–Trinajstić information content (AvgIpc) is 2.62. The summed E-state index contributed by atoms with van der Waals surface area (Å²) in [5.41, 5.74) is 4.14. The number of benzene rings is 2. The van der Waals surface area contributed by atoms with Gasteiger partial charge in [0, 0.05) is 10.7 Å². The Morgan fingerprint density at radius 1 is 1.23 bits per heavy atom. The maximum atomic E-state index is 11.9. The van der Waals surface area contributed by atoms with E-state index in [1.807, 2.05) is 0 Å². The molecular formula is C19H18ClN3O3. The summed E-state index contributed by atoms with van der Waals surface area (Å²) in [5.74, 6) is -1.05. The average molecular weight is 372 g/mol. The van der Waals surface area contributed by atoms with Crippen molar-refractivity contribution in [3.8, 4) is 5.75 Å². The van der Waals surface area contributed by atoms with Crippen LogP contribution in [0.15, 0.2) is 60.2 Å². The summed E-state index contributed by atoms with van der Waals surface area (Å²) in [6.07, 6.45) is 3.06. The summed E-state index contributed by atoms with van der Waals surface area (Å²) in [6.45, 7) is 5.75. The van der Waals surface area contributed by atoms with Crippen molar-refractivity contribution in [3.05, 3.63) is 71.3 Å². The highest BCUT2D eigenvalue weighted by Gasteiger charge is 2.13. The molecule has 0 saturated carbocycles. The van der Waals surface area contributed by atoms with Crippen molar-refractivity contribution in [1.29, 1.82) is 0 Å². The molecule has 2 aromatic rings. The Morgan fingerprint density at radius 3 is 2.77 bits per heavy atom. The summed E-state index contributed by atoms with van der Waals surface area (Å²) >= 11 is 5.86. The maximum Gasteiger partial charge on any atom is 0.329 e. The minimum atomic E-state index is -0.880. The number of nitrogens with zero attached hydrogens (tertiary/aromatic N) is 1. The Kier molecular flexibility index (Phi) is 6.93. The SMILES string of the molecule is C=CCOc1cccc(/C=N\NC(=O)C(=O)Nc2ccc(Cl)cc2C)c1. The molecule has 2 aromatic carbocycles. The molecule has 0 aromatic heterocycles. The molecule has 0 fully saturated rings. The van der Waals surface area contributed by atoms with Gasteiger partial charge >= 0.3 is 11.8 Å². The van der Waals surface area contributed by atoms with E-state index in [9.17, 15) is 9.59 Å². The van der Waals surface area contributed by atoms with Crippen molar-refractivity contribution in [1.82, 2.24) is 5.43 Å². The van der Waals surface area contributed by atoms with Crippen LogP contribution in [0.5, 0.6) is 5.75 Å². The highest BCUT2D eigenvalue weighted by atomic mass is 35.5. The molecule has 0 saturated heterocycles. The summed E-state index contributed by atoms with van der Waals surface area (Å²) < 4.78 is 5.41. The highest BCUT2D eigenvalue weighted by Crippen LogP contribution is 2.19. The number of hydrazone groups is 1. The van der Waals surface area contributed by atoms with Crippen LogP contribution in [-0.4, -0.2) is 24.6 Å². The van der Waals surface area contributed by atoms with Gasteiger partial charge in [0.05, 0.1) is 6.21 Å². The van der Waals surface area contributed by atoms with E-state index in [0.29, 0.717) is 28.6 Å². The van der Waals surface area contributed by atoms with E-state index in [4.69, 9.17) is 16.3 Å². The lowest BCUT2D eigenvalue weighted by molar-refractivity contribution is -0.136. The zero-order chi connectivity index (χ0) is 18.9. The molecule has 0 spiro atoms. The fraction of sp³-hybridized carbons (Fsp3) is 0.105. The third-order valence-electron chi connectivity index (χ3n) is 3.25. The molecule has 0 unspecified atom stereocenters. The van der Waals surface area contributed by atoms with Gasteiger partial charge in [0.25, 0.3) is 0 Å². The second kappa shape index (κ2) is 9.39. The molecule has 7 heteroatoms. The first-order valence-electron chi connectivity index (χ1n) is 7.74. The first kappa shape index (κ1) is 19.2. The molecule has 26 heavy (non-hydrogen) atoms. The van der Waals surface area contributed by atoms with Crippen molar-refractivity contribution in [2.45, 2.75) is 6.92 Å². The van der Waals surface area contributed by atoms with Gasteiger partial charge in [-0.2, -0.15) is 5.10 Å². The third-order valence-corrected chi connectivity index (χ3v) is 3.48. The largest absolute Gasteiger partial charge is 0.490 e. The topological polar surface area (TPSA) is 79.8 Å². The molecule has 2 rings (SSSR count). The van der Waals surface area contributed by atoms with Crippen molar-refractivity contribution in [2.75, 3.05) is 11.9 Å². The zero-order valence-corrected chi connectivity index (χ0v) is 14.9. The summed E-state index contributed by atoms with van der Waals surface area (Å²) in [6, 6.07) is 12.1. The fourth-order valence-electron chi connectivity index (χ4n) is 2.00. The molecule has 0 atom stereocenters. The number of amides is 2. The molecule has 6 nitrogen and oxygen atoms in total. The predicted octanol–water partition coefficient (Wildman–Crippen LogP) is 3.30. The van der Waals surface area contributed by atoms with Gasteiger partial charge in [-0.25, -0.2) is 5.43 Å². The molecule has 134 valence electrons. The van der Waals surface area contributed by atoms with Gasteiger partial charge in [-0.1, -0.05) is 36.4 Å². The Bertz CT molecular complexity index is 850.